The van der Waals surface area contributed by atoms with Crippen molar-refractivity contribution < 1.29 is 17.0 Å². The van der Waals surface area contributed by atoms with E-state index in [0.29, 0.717) is 5.56 Å². The van der Waals surface area contributed by atoms with E-state index in [-0.39, 0.29) is 5.16 Å². The highest BCUT2D eigenvalue weighted by atomic mass is 32.3. The van der Waals surface area contributed by atoms with E-state index >= 15 is 0 Å². The van der Waals surface area contributed by atoms with Gasteiger partial charge in [-0.1, -0.05) is 9.83 Å². The first-order chi connectivity index (χ1) is 9.63. The van der Waals surface area contributed by atoms with Crippen LogP contribution in [0.2, 0.25) is 0 Å². The number of rotatable bonds is 3. The summed E-state index contributed by atoms with van der Waals surface area (Å²) >= 11 is 0. The molecule has 1 aromatic heterocycles. The summed E-state index contributed by atoms with van der Waals surface area (Å²) in [5.41, 5.74) is 0.577. The fraction of sp³-hybridized carbons (Fsp3) is 0.250. The Hall–Kier alpha value is -1.74. The maximum atomic E-state index is 13.8. The molecule has 0 aliphatic rings. The Bertz CT molecular complexity index is 910. The number of imidazole rings is 1. The lowest BCUT2D eigenvalue weighted by Gasteiger charge is -2.06. The van der Waals surface area contributed by atoms with Gasteiger partial charge in [-0.2, -0.15) is 8.42 Å². The minimum Gasteiger partial charge on any atom is -0.326 e. The van der Waals surface area contributed by atoms with Crippen molar-refractivity contribution in [2.24, 2.45) is 10.8 Å². The second kappa shape index (κ2) is 5.23. The summed E-state index contributed by atoms with van der Waals surface area (Å²) in [5, 5.41) is 0.0126. The van der Waals surface area contributed by atoms with Crippen molar-refractivity contribution in [3.8, 4) is 0 Å². The minimum absolute atomic E-state index is 0.0126. The molecule has 6 nitrogen and oxygen atoms in total. The van der Waals surface area contributed by atoms with Crippen LogP contribution in [0, 0.1) is 12.7 Å². The van der Waals surface area contributed by atoms with Crippen LogP contribution in [0.5, 0.6) is 0 Å². The van der Waals surface area contributed by atoms with Crippen molar-refractivity contribution in [3.63, 3.8) is 0 Å². The van der Waals surface area contributed by atoms with E-state index in [4.69, 9.17) is 0 Å². The van der Waals surface area contributed by atoms with Crippen molar-refractivity contribution in [3.05, 3.63) is 42.0 Å². The highest BCUT2D eigenvalue weighted by Gasteiger charge is 2.23. The van der Waals surface area contributed by atoms with Gasteiger partial charge in [0, 0.05) is 25.7 Å². The lowest BCUT2D eigenvalue weighted by Crippen LogP contribution is -2.10. The molecule has 0 aliphatic carbocycles. The van der Waals surface area contributed by atoms with Gasteiger partial charge in [-0.15, -0.1) is 0 Å². The Balaban J connectivity index is 2.63. The van der Waals surface area contributed by atoms with Gasteiger partial charge in [0.15, 0.2) is 0 Å². The Morgan fingerprint density at radius 1 is 1.29 bits per heavy atom. The summed E-state index contributed by atoms with van der Waals surface area (Å²) < 4.78 is 55.4. The molecular weight excluding hydrogens is 317 g/mol. The summed E-state index contributed by atoms with van der Waals surface area (Å²) in [7, 11) is -6.13. The molecule has 9 heteroatoms. The number of nitrogens with zero attached hydrogens (tertiary/aromatic N) is 3. The summed E-state index contributed by atoms with van der Waals surface area (Å²) in [4.78, 5) is 3.24. The van der Waals surface area contributed by atoms with Gasteiger partial charge in [-0.3, -0.25) is 0 Å². The van der Waals surface area contributed by atoms with E-state index in [0.717, 1.165) is 18.4 Å². The van der Waals surface area contributed by atoms with E-state index in [1.807, 2.05) is 0 Å². The van der Waals surface area contributed by atoms with Crippen molar-refractivity contribution in [1.29, 1.82) is 0 Å². The van der Waals surface area contributed by atoms with Crippen LogP contribution in [0.25, 0.3) is 0 Å². The molecule has 0 aliphatic heterocycles. The van der Waals surface area contributed by atoms with Crippen LogP contribution in [-0.2, 0) is 26.8 Å². The lowest BCUT2D eigenvalue weighted by atomic mass is 10.2. The normalized spacial score (nSPS) is 14.7. The van der Waals surface area contributed by atoms with Crippen molar-refractivity contribution in [2.45, 2.75) is 17.0 Å². The van der Waals surface area contributed by atoms with E-state index in [1.165, 1.54) is 23.0 Å². The topological polar surface area (TPSA) is 81.4 Å². The third-order valence-electron chi connectivity index (χ3n) is 2.72. The number of benzene rings is 1. The molecular formula is C12H14FN3O3S2. The van der Waals surface area contributed by atoms with Crippen molar-refractivity contribution in [1.82, 2.24) is 9.55 Å². The smallest absolute Gasteiger partial charge is 0.293 e. The molecule has 0 saturated carbocycles. The first kappa shape index (κ1) is 15.6. The Labute approximate surface area is 122 Å². The average molecular weight is 331 g/mol. The standard InChI is InChI=1S/C12H14FN3O3S2/c1-9-4-5-11(10(13)8-9)21(18,19)15-20(3,17)12-14-6-7-16(12)2/h4-8H,1-3H3. The van der Waals surface area contributed by atoms with Crippen molar-refractivity contribution >= 4 is 19.8 Å². The van der Waals surface area contributed by atoms with Crippen molar-refractivity contribution in [2.75, 3.05) is 6.26 Å². The fourth-order valence-electron chi connectivity index (χ4n) is 1.79. The highest BCUT2D eigenvalue weighted by Crippen LogP contribution is 2.21. The molecule has 2 rings (SSSR count). The summed E-state index contributed by atoms with van der Waals surface area (Å²) in [6.45, 7) is 1.63. The van der Waals surface area contributed by atoms with Crippen LogP contribution in [-0.4, -0.2) is 28.4 Å². The number of hydrogen-bond acceptors (Lipinski definition) is 4. The Kier molecular flexibility index (Phi) is 3.89. The summed E-state index contributed by atoms with van der Waals surface area (Å²) in [6.07, 6.45) is 4.05. The molecule has 1 atom stereocenters. The van der Waals surface area contributed by atoms with Crippen LogP contribution in [0.4, 0.5) is 4.39 Å². The third kappa shape index (κ3) is 3.13. The number of hydrogen-bond donors (Lipinski definition) is 0. The lowest BCUT2D eigenvalue weighted by molar-refractivity contribution is 0.567. The zero-order chi connectivity index (χ0) is 15.8. The van der Waals surface area contributed by atoms with E-state index in [9.17, 15) is 17.0 Å². The molecule has 0 bridgehead atoms. The predicted octanol–water partition coefficient (Wildman–Crippen LogP) is 1.71. The van der Waals surface area contributed by atoms with Gasteiger partial charge in [0.25, 0.3) is 10.0 Å². The van der Waals surface area contributed by atoms with Crippen LogP contribution in [0.3, 0.4) is 0 Å². The summed E-state index contributed by atoms with van der Waals surface area (Å²) in [5.74, 6) is -0.922. The first-order valence-electron chi connectivity index (χ1n) is 5.85. The molecule has 0 amide bonds. The third-order valence-corrected chi connectivity index (χ3v) is 6.60. The zero-order valence-corrected chi connectivity index (χ0v) is 13.3. The van der Waals surface area contributed by atoms with Gasteiger partial charge in [0.05, 0.1) is 0 Å². The quantitative estimate of drug-likeness (QED) is 0.857. The number of aromatic nitrogens is 2. The van der Waals surface area contributed by atoms with Gasteiger partial charge in [-0.05, 0) is 24.6 Å². The SMILES string of the molecule is Cc1ccc(S(=O)(=O)N=S(C)(=O)c2nccn2C)c(F)c1. The maximum Gasteiger partial charge on any atom is 0.293 e. The fourth-order valence-corrected chi connectivity index (χ4v) is 5.28. The van der Waals surface area contributed by atoms with Crippen LogP contribution in [0.1, 0.15) is 5.56 Å². The molecule has 21 heavy (non-hydrogen) atoms. The molecule has 0 fully saturated rings. The van der Waals surface area contributed by atoms with Crippen LogP contribution < -0.4 is 0 Å². The van der Waals surface area contributed by atoms with Gasteiger partial charge in [0.2, 0.25) is 5.16 Å². The first-order valence-corrected chi connectivity index (χ1v) is 9.22. The predicted molar refractivity (Wildman–Crippen MR) is 76.3 cm³/mol. The second-order valence-corrected chi connectivity index (χ2v) is 8.56. The van der Waals surface area contributed by atoms with Gasteiger partial charge < -0.3 is 4.57 Å². The summed E-state index contributed by atoms with van der Waals surface area (Å²) in [6, 6.07) is 3.64. The molecule has 1 unspecified atom stereocenters. The molecule has 1 heterocycles. The molecule has 114 valence electrons. The molecule has 2 aromatic rings. The van der Waals surface area contributed by atoms with E-state index in [2.05, 4.69) is 8.75 Å². The van der Waals surface area contributed by atoms with Crippen LogP contribution >= 0.6 is 0 Å². The molecule has 0 radical (unpaired) electrons. The average Bonchev–Trinajstić information content (AvgIpc) is 2.74. The largest absolute Gasteiger partial charge is 0.326 e. The monoisotopic (exact) mass is 331 g/mol. The molecule has 0 saturated heterocycles. The molecule has 0 N–H and O–H groups in total. The Morgan fingerprint density at radius 2 is 1.95 bits per heavy atom. The Morgan fingerprint density at radius 3 is 2.48 bits per heavy atom. The van der Waals surface area contributed by atoms with Crippen LogP contribution in [0.15, 0.2) is 44.4 Å². The number of sulfonamides is 1. The van der Waals surface area contributed by atoms with Gasteiger partial charge in [-0.25, -0.2) is 13.6 Å². The number of aryl methyl sites for hydroxylation is 2. The van der Waals surface area contributed by atoms with E-state index in [1.54, 1.807) is 14.0 Å². The zero-order valence-electron chi connectivity index (χ0n) is 11.6. The maximum absolute atomic E-state index is 13.8. The molecule has 0 spiro atoms. The highest BCUT2D eigenvalue weighted by molar-refractivity contribution is 8.02. The van der Waals surface area contributed by atoms with Gasteiger partial charge in [0.1, 0.15) is 20.4 Å². The van der Waals surface area contributed by atoms with Gasteiger partial charge >= 0.3 is 0 Å². The number of halogens is 1. The van der Waals surface area contributed by atoms with E-state index < -0.39 is 30.5 Å². The minimum atomic E-state index is -4.39. The second-order valence-electron chi connectivity index (χ2n) is 4.61. The molecule has 1 aromatic carbocycles.